The zero-order chi connectivity index (χ0) is 13.4. The van der Waals surface area contributed by atoms with Crippen LogP contribution in [0, 0.1) is 6.92 Å². The zero-order valence-electron chi connectivity index (χ0n) is 10.6. The molecule has 1 saturated heterocycles. The van der Waals surface area contributed by atoms with Crippen molar-refractivity contribution in [3.8, 4) is 0 Å². The molecule has 0 spiro atoms. The lowest BCUT2D eigenvalue weighted by molar-refractivity contribution is 0.0890. The summed E-state index contributed by atoms with van der Waals surface area (Å²) in [5.41, 5.74) is 2.34. The van der Waals surface area contributed by atoms with E-state index in [1.165, 1.54) is 0 Å². The van der Waals surface area contributed by atoms with E-state index in [0.717, 1.165) is 11.1 Å². The van der Waals surface area contributed by atoms with Crippen molar-refractivity contribution < 1.29 is 9.90 Å². The topological polar surface area (TPSA) is 78.7 Å². The maximum absolute atomic E-state index is 12.3. The van der Waals surface area contributed by atoms with Crippen LogP contribution in [0.4, 0.5) is 0 Å². The van der Waals surface area contributed by atoms with Gasteiger partial charge >= 0.3 is 0 Å². The Hall–Kier alpha value is -1.92. The number of carbonyl (C=O) groups is 1. The van der Waals surface area contributed by atoms with Crippen LogP contribution in [0.15, 0.2) is 24.5 Å². The van der Waals surface area contributed by atoms with Crippen molar-refractivity contribution in [1.82, 2.24) is 20.2 Å². The van der Waals surface area contributed by atoms with Gasteiger partial charge in [0.25, 0.3) is 5.91 Å². The number of fused-ring (bicyclic) bond motifs is 1. The summed E-state index contributed by atoms with van der Waals surface area (Å²) < 4.78 is 1.69. The normalized spacial score (nSPS) is 22.8. The summed E-state index contributed by atoms with van der Waals surface area (Å²) in [6, 6.07) is 3.59. The average molecular weight is 260 g/mol. The van der Waals surface area contributed by atoms with Crippen LogP contribution in [0.25, 0.3) is 5.52 Å². The summed E-state index contributed by atoms with van der Waals surface area (Å²) in [6.07, 6.45) is 2.84. The molecule has 3 N–H and O–H groups in total. The molecule has 19 heavy (non-hydrogen) atoms. The number of hydrogen-bond acceptors (Lipinski definition) is 4. The molecule has 2 atom stereocenters. The van der Waals surface area contributed by atoms with Crippen LogP contribution in [0.3, 0.4) is 0 Å². The number of nitrogens with one attached hydrogen (secondary N) is 2. The van der Waals surface area contributed by atoms with Crippen LogP contribution in [-0.4, -0.2) is 45.9 Å². The van der Waals surface area contributed by atoms with Crippen LogP contribution in [-0.2, 0) is 0 Å². The summed E-state index contributed by atoms with van der Waals surface area (Å²) in [5, 5.41) is 19.8. The van der Waals surface area contributed by atoms with Gasteiger partial charge in [-0.25, -0.2) is 4.52 Å². The molecule has 1 amide bonds. The number of aliphatic hydroxyl groups is 1. The second-order valence-electron chi connectivity index (χ2n) is 4.85. The van der Waals surface area contributed by atoms with E-state index in [1.54, 1.807) is 10.7 Å². The van der Waals surface area contributed by atoms with Gasteiger partial charge in [0, 0.05) is 19.3 Å². The number of aryl methyl sites for hydroxylation is 1. The molecule has 6 heteroatoms. The Morgan fingerprint density at radius 3 is 3.16 bits per heavy atom. The van der Waals surface area contributed by atoms with Gasteiger partial charge in [0.05, 0.1) is 29.4 Å². The molecule has 1 aliphatic heterocycles. The summed E-state index contributed by atoms with van der Waals surface area (Å²) >= 11 is 0. The number of hydrogen-bond donors (Lipinski definition) is 3. The first-order chi connectivity index (χ1) is 9.16. The molecule has 0 aromatic carbocycles. The summed E-state index contributed by atoms with van der Waals surface area (Å²) in [5.74, 6) is -0.197. The molecule has 1 aliphatic rings. The van der Waals surface area contributed by atoms with Crippen molar-refractivity contribution in [2.75, 3.05) is 13.1 Å². The van der Waals surface area contributed by atoms with Gasteiger partial charge in [0.15, 0.2) is 0 Å². The minimum atomic E-state index is -0.535. The van der Waals surface area contributed by atoms with Crippen molar-refractivity contribution in [2.45, 2.75) is 19.1 Å². The maximum atomic E-state index is 12.3. The summed E-state index contributed by atoms with van der Waals surface area (Å²) in [6.45, 7) is 3.05. The first-order valence-corrected chi connectivity index (χ1v) is 6.29. The van der Waals surface area contributed by atoms with Gasteiger partial charge in [-0.1, -0.05) is 6.07 Å². The molecule has 0 aliphatic carbocycles. The average Bonchev–Trinajstić information content (AvgIpc) is 2.97. The molecule has 0 radical (unpaired) electrons. The molecule has 0 bridgehead atoms. The van der Waals surface area contributed by atoms with E-state index in [2.05, 4.69) is 15.7 Å². The predicted octanol–water partition coefficient (Wildman–Crippen LogP) is -0.295. The number of aromatic nitrogens is 2. The highest BCUT2D eigenvalue weighted by atomic mass is 16.3. The van der Waals surface area contributed by atoms with Crippen LogP contribution in [0.5, 0.6) is 0 Å². The van der Waals surface area contributed by atoms with E-state index in [-0.39, 0.29) is 11.9 Å². The van der Waals surface area contributed by atoms with E-state index < -0.39 is 6.10 Å². The Kier molecular flexibility index (Phi) is 2.96. The van der Waals surface area contributed by atoms with E-state index in [1.807, 2.05) is 25.3 Å². The summed E-state index contributed by atoms with van der Waals surface area (Å²) in [7, 11) is 0. The lowest BCUT2D eigenvalue weighted by Crippen LogP contribution is -2.42. The fourth-order valence-electron chi connectivity index (χ4n) is 2.44. The van der Waals surface area contributed by atoms with Crippen LogP contribution < -0.4 is 10.6 Å². The second-order valence-corrected chi connectivity index (χ2v) is 4.85. The summed E-state index contributed by atoms with van der Waals surface area (Å²) in [4.78, 5) is 12.3. The van der Waals surface area contributed by atoms with Gasteiger partial charge in [-0.05, 0) is 18.6 Å². The van der Waals surface area contributed by atoms with E-state index in [0.29, 0.717) is 18.7 Å². The van der Waals surface area contributed by atoms with Crippen molar-refractivity contribution in [3.05, 3.63) is 35.7 Å². The molecule has 1 fully saturated rings. The van der Waals surface area contributed by atoms with Gasteiger partial charge < -0.3 is 15.7 Å². The van der Waals surface area contributed by atoms with Gasteiger partial charge in [-0.3, -0.25) is 4.79 Å². The molecule has 2 aromatic rings. The van der Waals surface area contributed by atoms with Gasteiger partial charge in [0.2, 0.25) is 0 Å². The highest BCUT2D eigenvalue weighted by Gasteiger charge is 2.27. The molecule has 0 unspecified atom stereocenters. The van der Waals surface area contributed by atoms with Crippen molar-refractivity contribution in [2.24, 2.45) is 0 Å². The molecule has 3 rings (SSSR count). The fraction of sp³-hybridized carbons (Fsp3) is 0.385. The molecule has 0 saturated carbocycles. The lowest BCUT2D eigenvalue weighted by Gasteiger charge is -2.15. The Labute approximate surface area is 110 Å². The highest BCUT2D eigenvalue weighted by molar-refractivity contribution is 6.01. The number of rotatable bonds is 2. The Morgan fingerprint density at radius 2 is 2.42 bits per heavy atom. The quantitative estimate of drug-likeness (QED) is 0.693. The number of pyridine rings is 1. The Balaban J connectivity index is 1.89. The fourth-order valence-corrected chi connectivity index (χ4v) is 2.44. The minimum absolute atomic E-state index is 0.197. The largest absolute Gasteiger partial charge is 0.390 e. The van der Waals surface area contributed by atoms with Crippen molar-refractivity contribution in [1.29, 1.82) is 0 Å². The molecule has 100 valence electrons. The number of aliphatic hydroxyl groups excluding tert-OH is 1. The number of nitrogens with zero attached hydrogens (tertiary/aromatic N) is 2. The third kappa shape index (κ3) is 2.09. The maximum Gasteiger partial charge on any atom is 0.255 e. The Morgan fingerprint density at radius 1 is 1.58 bits per heavy atom. The smallest absolute Gasteiger partial charge is 0.255 e. The molecule has 3 heterocycles. The third-order valence-corrected chi connectivity index (χ3v) is 3.49. The van der Waals surface area contributed by atoms with Crippen molar-refractivity contribution >= 4 is 11.4 Å². The Bertz CT molecular complexity index is 622. The van der Waals surface area contributed by atoms with Crippen LogP contribution in [0.1, 0.15) is 15.9 Å². The van der Waals surface area contributed by atoms with Gasteiger partial charge in [-0.15, -0.1) is 0 Å². The van der Waals surface area contributed by atoms with Crippen LogP contribution in [0.2, 0.25) is 0 Å². The number of amides is 1. The molecular formula is C13H16N4O2. The predicted molar refractivity (Wildman–Crippen MR) is 70.1 cm³/mol. The van der Waals surface area contributed by atoms with Crippen LogP contribution >= 0.6 is 0 Å². The molecular weight excluding hydrogens is 244 g/mol. The van der Waals surface area contributed by atoms with E-state index >= 15 is 0 Å². The SMILES string of the molecule is Cc1cccn2ncc(C(=O)N[C@H]3CNC[C@H]3O)c12. The third-order valence-electron chi connectivity index (χ3n) is 3.49. The first-order valence-electron chi connectivity index (χ1n) is 6.29. The lowest BCUT2D eigenvalue weighted by atomic mass is 10.1. The van der Waals surface area contributed by atoms with Gasteiger partial charge in [0.1, 0.15) is 0 Å². The molecule has 2 aromatic heterocycles. The first kappa shape index (κ1) is 12.1. The standard InChI is InChI=1S/C13H16N4O2/c1-8-3-2-4-17-12(8)9(5-15-17)13(19)16-10-6-14-7-11(10)18/h2-5,10-11,14,18H,6-7H2,1H3,(H,16,19)/t10-,11+/m0/s1. The number of β-amino-alcohol motifs (C(OH)–C–C–N with tert-alkyl or cyclic N) is 1. The monoisotopic (exact) mass is 260 g/mol. The second kappa shape index (κ2) is 4.64. The van der Waals surface area contributed by atoms with E-state index in [9.17, 15) is 9.90 Å². The highest BCUT2D eigenvalue weighted by Crippen LogP contribution is 2.15. The van der Waals surface area contributed by atoms with Crippen molar-refractivity contribution in [3.63, 3.8) is 0 Å². The minimum Gasteiger partial charge on any atom is -0.390 e. The number of carbonyl (C=O) groups excluding carboxylic acids is 1. The van der Waals surface area contributed by atoms with E-state index in [4.69, 9.17) is 0 Å². The zero-order valence-corrected chi connectivity index (χ0v) is 10.6. The van der Waals surface area contributed by atoms with Gasteiger partial charge in [-0.2, -0.15) is 5.10 Å². The molecule has 6 nitrogen and oxygen atoms in total.